The highest BCUT2D eigenvalue weighted by Crippen LogP contribution is 2.37. The molecule has 4 rings (SSSR count). The lowest BCUT2D eigenvalue weighted by atomic mass is 9.85. The summed E-state index contributed by atoms with van der Waals surface area (Å²) in [4.78, 5) is 16.7. The van der Waals surface area contributed by atoms with E-state index in [1.807, 2.05) is 47.4 Å². The van der Waals surface area contributed by atoms with E-state index in [-0.39, 0.29) is 5.91 Å². The van der Waals surface area contributed by atoms with Gasteiger partial charge in [-0.3, -0.25) is 4.79 Å². The maximum absolute atomic E-state index is 12.6. The Morgan fingerprint density at radius 2 is 2.07 bits per heavy atom. The van der Waals surface area contributed by atoms with Gasteiger partial charge in [0.15, 0.2) is 0 Å². The Hall–Kier alpha value is -1.75. The zero-order valence-electron chi connectivity index (χ0n) is 15.9. The molecule has 1 aliphatic carbocycles. The van der Waals surface area contributed by atoms with E-state index in [1.165, 1.54) is 5.57 Å². The fraction of sp³-hybridized carbons (Fsp3) is 0.208. The van der Waals surface area contributed by atoms with Crippen molar-refractivity contribution in [1.82, 2.24) is 4.90 Å². The molecule has 1 aliphatic heterocycles. The van der Waals surface area contributed by atoms with E-state index >= 15 is 0 Å². The lowest BCUT2D eigenvalue weighted by molar-refractivity contribution is -0.126. The van der Waals surface area contributed by atoms with Gasteiger partial charge in [-0.25, -0.2) is 0 Å². The molecule has 0 N–H and O–H groups in total. The Balaban J connectivity index is 1.41. The number of allylic oxidation sites excluding steroid dienone is 3. The molecule has 2 aromatic rings. The summed E-state index contributed by atoms with van der Waals surface area (Å²) >= 11 is 11.7. The molecule has 2 aliphatic rings. The topological polar surface area (TPSA) is 20.3 Å². The molecule has 148 valence electrons. The molecular formula is C24H21BrClNOS. The number of piperidine rings is 1. The van der Waals surface area contributed by atoms with Crippen LogP contribution >= 0.6 is 39.3 Å². The molecule has 1 heterocycles. The first-order valence-electron chi connectivity index (χ1n) is 9.64. The molecule has 2 aromatic carbocycles. The summed E-state index contributed by atoms with van der Waals surface area (Å²) in [5, 5.41) is 0.681. The monoisotopic (exact) mass is 485 g/mol. The third-order valence-corrected chi connectivity index (χ3v) is 7.79. The van der Waals surface area contributed by atoms with Crippen LogP contribution in [0, 0.1) is 5.92 Å². The lowest BCUT2D eigenvalue weighted by Crippen LogP contribution is -2.39. The number of hydrogen-bond acceptors (Lipinski definition) is 2. The molecule has 0 saturated carbocycles. The molecule has 1 amide bonds. The van der Waals surface area contributed by atoms with Crippen molar-refractivity contribution < 1.29 is 4.79 Å². The van der Waals surface area contributed by atoms with E-state index in [4.69, 9.17) is 11.6 Å². The van der Waals surface area contributed by atoms with Crippen LogP contribution in [-0.2, 0) is 4.79 Å². The second-order valence-electron chi connectivity index (χ2n) is 7.21. The molecule has 29 heavy (non-hydrogen) atoms. The van der Waals surface area contributed by atoms with Crippen LogP contribution in [0.25, 0.3) is 6.08 Å². The minimum atomic E-state index is 0.0571. The zero-order chi connectivity index (χ0) is 20.2. The van der Waals surface area contributed by atoms with Gasteiger partial charge >= 0.3 is 0 Å². The normalized spacial score (nSPS) is 18.6. The molecule has 0 aromatic heterocycles. The highest BCUT2D eigenvalue weighted by atomic mass is 79.9. The maximum atomic E-state index is 12.6. The van der Waals surface area contributed by atoms with Crippen LogP contribution in [0.1, 0.15) is 18.4 Å². The van der Waals surface area contributed by atoms with Crippen molar-refractivity contribution in [2.24, 2.45) is 5.92 Å². The predicted molar refractivity (Wildman–Crippen MR) is 125 cm³/mol. The number of carbonyl (C=O) groups excluding carboxylic acids is 1. The van der Waals surface area contributed by atoms with Gasteiger partial charge in [0.2, 0.25) is 5.91 Å². The molecule has 1 fully saturated rings. The maximum Gasteiger partial charge on any atom is 0.246 e. The van der Waals surface area contributed by atoms with Crippen LogP contribution in [0.2, 0.25) is 5.02 Å². The van der Waals surface area contributed by atoms with Crippen molar-refractivity contribution in [3.63, 3.8) is 0 Å². The van der Waals surface area contributed by atoms with E-state index in [9.17, 15) is 4.79 Å². The standard InChI is InChI=1S/C24H21BrClNOS/c25-20-7-3-4-8-22(20)29-23-11-9-17(15-21(23)26)10-12-24(28)27-14-13-18-5-1-2-6-19(18)16-27/h1-4,6-12,15,18H,5,13-14,16H2/b12-10+. The summed E-state index contributed by atoms with van der Waals surface area (Å²) in [6.07, 6.45) is 12.1. The Bertz CT molecular complexity index is 1010. The Morgan fingerprint density at radius 1 is 1.21 bits per heavy atom. The number of carbonyl (C=O) groups is 1. The number of halogens is 2. The van der Waals surface area contributed by atoms with Crippen LogP contribution < -0.4 is 0 Å². The van der Waals surface area contributed by atoms with Crippen molar-refractivity contribution in [2.75, 3.05) is 13.1 Å². The van der Waals surface area contributed by atoms with E-state index in [2.05, 4.69) is 40.2 Å². The van der Waals surface area contributed by atoms with Crippen LogP contribution in [0.4, 0.5) is 0 Å². The molecule has 1 atom stereocenters. The summed E-state index contributed by atoms with van der Waals surface area (Å²) < 4.78 is 1.04. The van der Waals surface area contributed by atoms with Gasteiger partial charge in [-0.1, -0.05) is 59.8 Å². The third-order valence-electron chi connectivity index (χ3n) is 5.25. The third kappa shape index (κ3) is 5.06. The summed E-state index contributed by atoms with van der Waals surface area (Å²) in [5.74, 6) is 0.670. The van der Waals surface area contributed by atoms with Gasteiger partial charge < -0.3 is 4.90 Å². The second kappa shape index (κ2) is 9.38. The highest BCUT2D eigenvalue weighted by molar-refractivity contribution is 9.10. The molecule has 1 saturated heterocycles. The quantitative estimate of drug-likeness (QED) is 0.434. The average Bonchev–Trinajstić information content (AvgIpc) is 2.75. The second-order valence-corrected chi connectivity index (χ2v) is 9.55. The fourth-order valence-electron chi connectivity index (χ4n) is 3.63. The molecule has 0 spiro atoms. The van der Waals surface area contributed by atoms with Crippen molar-refractivity contribution >= 4 is 51.3 Å². The number of amides is 1. The Morgan fingerprint density at radius 3 is 2.90 bits per heavy atom. The van der Waals surface area contributed by atoms with Crippen LogP contribution in [0.5, 0.6) is 0 Å². The van der Waals surface area contributed by atoms with E-state index in [1.54, 1.807) is 17.8 Å². The first-order chi connectivity index (χ1) is 14.1. The van der Waals surface area contributed by atoms with Gasteiger partial charge in [0.25, 0.3) is 0 Å². The first-order valence-corrected chi connectivity index (χ1v) is 11.6. The number of benzene rings is 2. The van der Waals surface area contributed by atoms with Crippen LogP contribution in [-0.4, -0.2) is 23.9 Å². The van der Waals surface area contributed by atoms with Gasteiger partial charge in [0, 0.05) is 33.4 Å². The molecular weight excluding hydrogens is 466 g/mol. The zero-order valence-corrected chi connectivity index (χ0v) is 19.0. The van der Waals surface area contributed by atoms with E-state index < -0.39 is 0 Å². The van der Waals surface area contributed by atoms with Crippen molar-refractivity contribution in [3.05, 3.63) is 87.4 Å². The molecule has 1 unspecified atom stereocenters. The van der Waals surface area contributed by atoms with Crippen molar-refractivity contribution in [1.29, 1.82) is 0 Å². The number of likely N-dealkylation sites (tertiary alicyclic amines) is 1. The largest absolute Gasteiger partial charge is 0.335 e. The van der Waals surface area contributed by atoms with Crippen LogP contribution in [0.3, 0.4) is 0 Å². The highest BCUT2D eigenvalue weighted by Gasteiger charge is 2.25. The molecule has 5 heteroatoms. The number of nitrogens with zero attached hydrogens (tertiary/aromatic N) is 1. The Labute approximate surface area is 189 Å². The summed E-state index contributed by atoms with van der Waals surface area (Å²) in [6.45, 7) is 1.56. The van der Waals surface area contributed by atoms with Gasteiger partial charge in [-0.15, -0.1) is 0 Å². The van der Waals surface area contributed by atoms with Gasteiger partial charge in [0.1, 0.15) is 0 Å². The minimum absolute atomic E-state index is 0.0571. The minimum Gasteiger partial charge on any atom is -0.335 e. The van der Waals surface area contributed by atoms with E-state index in [0.29, 0.717) is 10.9 Å². The van der Waals surface area contributed by atoms with Crippen molar-refractivity contribution in [3.8, 4) is 0 Å². The van der Waals surface area contributed by atoms with Gasteiger partial charge in [-0.2, -0.15) is 0 Å². The smallest absolute Gasteiger partial charge is 0.246 e. The molecule has 0 radical (unpaired) electrons. The van der Waals surface area contributed by atoms with E-state index in [0.717, 1.165) is 45.8 Å². The van der Waals surface area contributed by atoms with Crippen LogP contribution in [0.15, 0.2) is 86.6 Å². The Kier molecular flexibility index (Phi) is 6.63. The number of rotatable bonds is 4. The fourth-order valence-corrected chi connectivity index (χ4v) is 5.30. The first kappa shape index (κ1) is 20.5. The van der Waals surface area contributed by atoms with Gasteiger partial charge in [-0.05, 0) is 76.2 Å². The SMILES string of the molecule is O=C(/C=C/c1ccc(Sc2ccccc2Br)c(Cl)c1)N1CCC2CC=CC=C2C1. The number of hydrogen-bond donors (Lipinski definition) is 0. The van der Waals surface area contributed by atoms with Crippen molar-refractivity contribution in [2.45, 2.75) is 22.6 Å². The molecule has 0 bridgehead atoms. The lowest BCUT2D eigenvalue weighted by Gasteiger charge is -2.34. The summed E-state index contributed by atoms with van der Waals surface area (Å²) in [7, 11) is 0. The summed E-state index contributed by atoms with van der Waals surface area (Å²) in [6, 6.07) is 14.0. The predicted octanol–water partition coefficient (Wildman–Crippen LogP) is 7.00. The summed E-state index contributed by atoms with van der Waals surface area (Å²) in [5.41, 5.74) is 2.30. The van der Waals surface area contributed by atoms with Gasteiger partial charge in [0.05, 0.1) is 5.02 Å². The average molecular weight is 487 g/mol. The molecule has 2 nitrogen and oxygen atoms in total. The number of fused-ring (bicyclic) bond motifs is 1.